The summed E-state index contributed by atoms with van der Waals surface area (Å²) in [5.41, 5.74) is 2.74. The van der Waals surface area contributed by atoms with Crippen molar-refractivity contribution in [1.82, 2.24) is 13.8 Å². The Morgan fingerprint density at radius 3 is 2.06 bits per heavy atom. The highest BCUT2D eigenvalue weighted by atomic mass is 32.2. The summed E-state index contributed by atoms with van der Waals surface area (Å²) in [7, 11) is -3.56. The van der Waals surface area contributed by atoms with E-state index in [0.717, 1.165) is 17.7 Å². The summed E-state index contributed by atoms with van der Waals surface area (Å²) in [5, 5.41) is 0. The first-order valence-electron chi connectivity index (χ1n) is 11.0. The quantitative estimate of drug-likeness (QED) is 0.566. The second-order valence-electron chi connectivity index (χ2n) is 8.21. The minimum atomic E-state index is -3.56. The van der Waals surface area contributed by atoms with Crippen molar-refractivity contribution in [3.63, 3.8) is 0 Å². The lowest BCUT2D eigenvalue weighted by Gasteiger charge is -2.34. The first-order chi connectivity index (χ1) is 15.4. The van der Waals surface area contributed by atoms with Crippen molar-refractivity contribution in [3.8, 4) is 5.69 Å². The van der Waals surface area contributed by atoms with Crippen molar-refractivity contribution in [2.24, 2.45) is 0 Å². The fraction of sp³-hybridized carbons (Fsp3) is 0.320. The number of carbonyl (C=O) groups is 1. The van der Waals surface area contributed by atoms with Crippen LogP contribution in [-0.2, 0) is 10.0 Å². The highest BCUT2D eigenvalue weighted by molar-refractivity contribution is 7.89. The van der Waals surface area contributed by atoms with Crippen molar-refractivity contribution >= 4 is 15.9 Å². The largest absolute Gasteiger partial charge is 0.336 e. The van der Waals surface area contributed by atoms with Crippen LogP contribution in [0.15, 0.2) is 78.0 Å². The van der Waals surface area contributed by atoms with Crippen LogP contribution in [0.25, 0.3) is 5.69 Å². The Morgan fingerprint density at radius 2 is 1.50 bits per heavy atom. The molecular weight excluding hydrogens is 422 g/mol. The molecule has 0 spiro atoms. The third-order valence-corrected chi connectivity index (χ3v) is 8.15. The third-order valence-electron chi connectivity index (χ3n) is 6.24. The summed E-state index contributed by atoms with van der Waals surface area (Å²) in [5.74, 6) is 0.331. The summed E-state index contributed by atoms with van der Waals surface area (Å²) >= 11 is 0. The van der Waals surface area contributed by atoms with E-state index in [1.807, 2.05) is 65.5 Å². The van der Waals surface area contributed by atoms with Crippen molar-refractivity contribution in [2.45, 2.75) is 31.1 Å². The number of piperazine rings is 1. The van der Waals surface area contributed by atoms with Gasteiger partial charge in [-0.05, 0) is 66.4 Å². The van der Waals surface area contributed by atoms with E-state index < -0.39 is 10.0 Å². The second-order valence-corrected chi connectivity index (χ2v) is 10.1. The topological polar surface area (TPSA) is 62.6 Å². The molecule has 0 N–H and O–H groups in total. The summed E-state index contributed by atoms with van der Waals surface area (Å²) in [6.07, 6.45) is 4.92. The van der Waals surface area contributed by atoms with Gasteiger partial charge in [0, 0.05) is 49.8 Å². The average molecular weight is 452 g/mol. The normalized spacial score (nSPS) is 16.1. The number of benzene rings is 2. The lowest BCUT2D eigenvalue weighted by Crippen LogP contribution is -2.50. The number of amides is 1. The van der Waals surface area contributed by atoms with Crippen LogP contribution in [0.4, 0.5) is 0 Å². The molecule has 1 saturated heterocycles. The zero-order valence-electron chi connectivity index (χ0n) is 18.5. The van der Waals surface area contributed by atoms with Crippen LogP contribution in [-0.4, -0.2) is 54.3 Å². The molecule has 1 aliphatic rings. The van der Waals surface area contributed by atoms with Gasteiger partial charge in [-0.2, -0.15) is 4.31 Å². The number of sulfonamides is 1. The fourth-order valence-corrected chi connectivity index (χ4v) is 5.37. The van der Waals surface area contributed by atoms with Gasteiger partial charge in [0.2, 0.25) is 10.0 Å². The first-order valence-corrected chi connectivity index (χ1v) is 12.5. The Labute approximate surface area is 190 Å². The minimum Gasteiger partial charge on any atom is -0.336 e. The summed E-state index contributed by atoms with van der Waals surface area (Å²) < 4.78 is 29.6. The average Bonchev–Trinajstić information content (AvgIpc) is 3.38. The Morgan fingerprint density at radius 1 is 0.906 bits per heavy atom. The van der Waals surface area contributed by atoms with Gasteiger partial charge in [0.15, 0.2) is 0 Å². The molecule has 0 unspecified atom stereocenters. The predicted molar refractivity (Wildman–Crippen MR) is 126 cm³/mol. The SMILES string of the molecule is CC[C@H](C)c1ccc(S(=O)(=O)N2CCN(C(=O)c3ccc(-n4cccc4)cc3)CC2)cc1. The Hall–Kier alpha value is -2.90. The van der Waals surface area contributed by atoms with Crippen LogP contribution in [0.5, 0.6) is 0 Å². The van der Waals surface area contributed by atoms with Crippen LogP contribution in [0, 0.1) is 0 Å². The molecule has 6 nitrogen and oxygen atoms in total. The smallest absolute Gasteiger partial charge is 0.253 e. The molecule has 1 fully saturated rings. The van der Waals surface area contributed by atoms with Gasteiger partial charge in [0.1, 0.15) is 0 Å². The molecule has 1 aromatic heterocycles. The molecule has 0 radical (unpaired) electrons. The maximum atomic E-state index is 13.1. The molecular formula is C25H29N3O3S. The van der Waals surface area contributed by atoms with Gasteiger partial charge < -0.3 is 9.47 Å². The van der Waals surface area contributed by atoms with E-state index in [1.54, 1.807) is 17.0 Å². The molecule has 0 aliphatic carbocycles. The number of hydrogen-bond donors (Lipinski definition) is 0. The number of aromatic nitrogens is 1. The molecule has 4 rings (SSSR count). The zero-order valence-corrected chi connectivity index (χ0v) is 19.3. The van der Waals surface area contributed by atoms with Crippen molar-refractivity contribution in [1.29, 1.82) is 0 Å². The molecule has 3 aromatic rings. The van der Waals surface area contributed by atoms with Crippen molar-refractivity contribution < 1.29 is 13.2 Å². The maximum absolute atomic E-state index is 13.1. The molecule has 32 heavy (non-hydrogen) atoms. The van der Waals surface area contributed by atoms with E-state index in [9.17, 15) is 13.2 Å². The molecule has 7 heteroatoms. The molecule has 1 atom stereocenters. The van der Waals surface area contributed by atoms with Crippen LogP contribution in [0.2, 0.25) is 0 Å². The maximum Gasteiger partial charge on any atom is 0.253 e. The van der Waals surface area contributed by atoms with Gasteiger partial charge >= 0.3 is 0 Å². The number of carbonyl (C=O) groups excluding carboxylic acids is 1. The number of hydrogen-bond acceptors (Lipinski definition) is 3. The second kappa shape index (κ2) is 9.30. The predicted octanol–water partition coefficient (Wildman–Crippen LogP) is 4.14. The zero-order chi connectivity index (χ0) is 22.7. The van der Waals surface area contributed by atoms with E-state index in [4.69, 9.17) is 0 Å². The third kappa shape index (κ3) is 4.49. The highest BCUT2D eigenvalue weighted by Gasteiger charge is 2.30. The summed E-state index contributed by atoms with van der Waals surface area (Å²) in [6, 6.07) is 18.6. The van der Waals surface area contributed by atoms with Gasteiger partial charge in [-0.25, -0.2) is 8.42 Å². The van der Waals surface area contributed by atoms with E-state index in [0.29, 0.717) is 42.6 Å². The number of nitrogens with zero attached hydrogens (tertiary/aromatic N) is 3. The van der Waals surface area contributed by atoms with Crippen LogP contribution >= 0.6 is 0 Å². The summed E-state index contributed by atoms with van der Waals surface area (Å²) in [4.78, 5) is 14.9. The van der Waals surface area contributed by atoms with E-state index in [1.165, 1.54) is 4.31 Å². The minimum absolute atomic E-state index is 0.0704. The Bertz CT molecular complexity index is 1150. The van der Waals surface area contributed by atoms with Gasteiger partial charge in [-0.1, -0.05) is 26.0 Å². The summed E-state index contributed by atoms with van der Waals surface area (Å²) in [6.45, 7) is 5.59. The van der Waals surface area contributed by atoms with Gasteiger partial charge in [-0.15, -0.1) is 0 Å². The standard InChI is InChI=1S/C25H29N3O3S/c1-3-20(2)21-8-12-24(13-9-21)32(30,31)28-18-16-27(17-19-28)25(29)22-6-10-23(11-7-22)26-14-4-5-15-26/h4-15,20H,3,16-19H2,1-2H3/t20-/m0/s1. The van der Waals surface area contributed by atoms with Crippen LogP contribution in [0.1, 0.15) is 42.1 Å². The van der Waals surface area contributed by atoms with E-state index in [2.05, 4.69) is 13.8 Å². The van der Waals surface area contributed by atoms with Gasteiger partial charge in [0.25, 0.3) is 5.91 Å². The lowest BCUT2D eigenvalue weighted by atomic mass is 9.99. The molecule has 2 aromatic carbocycles. The Kier molecular flexibility index (Phi) is 6.48. The molecule has 2 heterocycles. The van der Waals surface area contributed by atoms with E-state index >= 15 is 0 Å². The van der Waals surface area contributed by atoms with Crippen LogP contribution < -0.4 is 0 Å². The van der Waals surface area contributed by atoms with Gasteiger partial charge in [-0.3, -0.25) is 4.79 Å². The number of rotatable bonds is 6. The Balaban J connectivity index is 1.39. The molecule has 168 valence electrons. The molecule has 1 amide bonds. The molecule has 0 saturated carbocycles. The molecule has 0 bridgehead atoms. The van der Waals surface area contributed by atoms with Gasteiger partial charge in [0.05, 0.1) is 4.90 Å². The monoisotopic (exact) mass is 451 g/mol. The lowest BCUT2D eigenvalue weighted by molar-refractivity contribution is 0.0698. The van der Waals surface area contributed by atoms with Crippen molar-refractivity contribution in [3.05, 3.63) is 84.2 Å². The van der Waals surface area contributed by atoms with Crippen LogP contribution in [0.3, 0.4) is 0 Å². The van der Waals surface area contributed by atoms with E-state index in [-0.39, 0.29) is 5.91 Å². The van der Waals surface area contributed by atoms with Crippen molar-refractivity contribution in [2.75, 3.05) is 26.2 Å². The first kappa shape index (κ1) is 22.3. The fourth-order valence-electron chi connectivity index (χ4n) is 3.95. The molecule has 1 aliphatic heterocycles. The highest BCUT2D eigenvalue weighted by Crippen LogP contribution is 2.23.